The lowest BCUT2D eigenvalue weighted by Gasteiger charge is -2.10. The van der Waals surface area contributed by atoms with E-state index in [0.29, 0.717) is 5.75 Å². The van der Waals surface area contributed by atoms with Crippen molar-refractivity contribution in [1.82, 2.24) is 0 Å². The summed E-state index contributed by atoms with van der Waals surface area (Å²) < 4.78 is 5.25. The van der Waals surface area contributed by atoms with Crippen molar-refractivity contribution in [2.75, 3.05) is 6.61 Å². The maximum atomic E-state index is 9.97. The molecule has 1 N–H and O–H groups in total. The molecule has 0 aromatic heterocycles. The predicted octanol–water partition coefficient (Wildman–Crippen LogP) is 3.00. The molecule has 0 spiro atoms. The third-order valence-electron chi connectivity index (χ3n) is 3.07. The van der Waals surface area contributed by atoms with Crippen LogP contribution in [-0.2, 0) is 11.2 Å². The number of ether oxygens (including phenoxy) is 1. The first-order valence-corrected chi connectivity index (χ1v) is 5.82. The van der Waals surface area contributed by atoms with E-state index in [1.54, 1.807) is 6.07 Å². The van der Waals surface area contributed by atoms with Crippen molar-refractivity contribution in [1.29, 1.82) is 0 Å². The summed E-state index contributed by atoms with van der Waals surface area (Å²) in [5, 5.41) is 9.97. The van der Waals surface area contributed by atoms with Crippen LogP contribution in [0.4, 0.5) is 0 Å². The summed E-state index contributed by atoms with van der Waals surface area (Å²) in [5.41, 5.74) is 3.22. The van der Waals surface area contributed by atoms with Crippen molar-refractivity contribution in [2.24, 2.45) is 0 Å². The van der Waals surface area contributed by atoms with Crippen molar-refractivity contribution in [3.8, 4) is 16.9 Å². The van der Waals surface area contributed by atoms with Crippen molar-refractivity contribution >= 4 is 0 Å². The Labute approximate surface area is 100 Å². The summed E-state index contributed by atoms with van der Waals surface area (Å²) in [6.07, 6.45) is 1.07. The molecule has 2 aromatic carbocycles. The van der Waals surface area contributed by atoms with Crippen molar-refractivity contribution in [3.05, 3.63) is 54.1 Å². The molecule has 2 nitrogen and oxygen atoms in total. The average Bonchev–Trinajstić information content (AvgIpc) is 3.17. The smallest absolute Gasteiger partial charge is 0.119 e. The molecule has 17 heavy (non-hydrogen) atoms. The summed E-state index contributed by atoms with van der Waals surface area (Å²) in [5.74, 6) is 0.363. The minimum Gasteiger partial charge on any atom is -0.508 e. The topological polar surface area (TPSA) is 32.8 Å². The van der Waals surface area contributed by atoms with Crippen LogP contribution in [0.5, 0.6) is 5.75 Å². The molecule has 0 bridgehead atoms. The maximum Gasteiger partial charge on any atom is 0.119 e. The lowest BCUT2D eigenvalue weighted by atomic mass is 9.96. The van der Waals surface area contributed by atoms with Crippen LogP contribution in [0.15, 0.2) is 48.5 Å². The Morgan fingerprint density at radius 1 is 1.06 bits per heavy atom. The largest absolute Gasteiger partial charge is 0.508 e. The molecule has 1 fully saturated rings. The zero-order valence-electron chi connectivity index (χ0n) is 9.47. The molecule has 2 aromatic rings. The van der Waals surface area contributed by atoms with Gasteiger partial charge < -0.3 is 9.84 Å². The van der Waals surface area contributed by atoms with Crippen molar-refractivity contribution < 1.29 is 9.84 Å². The summed E-state index contributed by atoms with van der Waals surface area (Å²) in [4.78, 5) is 0. The van der Waals surface area contributed by atoms with Crippen LogP contribution in [0.3, 0.4) is 0 Å². The van der Waals surface area contributed by atoms with E-state index in [-0.39, 0.29) is 6.10 Å². The van der Waals surface area contributed by atoms with Gasteiger partial charge in [-0.15, -0.1) is 0 Å². The molecule has 1 unspecified atom stereocenters. The number of hydrogen-bond acceptors (Lipinski definition) is 2. The standard InChI is InChI=1S/C15H14O2/c16-15-8-4-7-13(11-5-2-1-3-6-11)14(15)9-12-10-17-12/h1-8,12,16H,9-10H2. The number of epoxide rings is 1. The lowest BCUT2D eigenvalue weighted by molar-refractivity contribution is 0.402. The molecule has 0 aliphatic carbocycles. The maximum absolute atomic E-state index is 9.97. The summed E-state index contributed by atoms with van der Waals surface area (Å²) >= 11 is 0. The number of benzene rings is 2. The van der Waals surface area contributed by atoms with Crippen LogP contribution >= 0.6 is 0 Å². The molecule has 0 radical (unpaired) electrons. The Morgan fingerprint density at radius 2 is 1.82 bits per heavy atom. The quantitative estimate of drug-likeness (QED) is 0.816. The highest BCUT2D eigenvalue weighted by Crippen LogP contribution is 2.33. The lowest BCUT2D eigenvalue weighted by Crippen LogP contribution is -1.96. The highest BCUT2D eigenvalue weighted by molar-refractivity contribution is 5.70. The van der Waals surface area contributed by atoms with E-state index in [1.807, 2.05) is 30.3 Å². The van der Waals surface area contributed by atoms with Gasteiger partial charge in [0.2, 0.25) is 0 Å². The molecule has 1 heterocycles. The molecule has 3 rings (SSSR count). The molecule has 1 saturated heterocycles. The zero-order valence-corrected chi connectivity index (χ0v) is 9.47. The number of rotatable bonds is 3. The first-order valence-electron chi connectivity index (χ1n) is 5.82. The Hall–Kier alpha value is -1.80. The third-order valence-corrected chi connectivity index (χ3v) is 3.07. The Balaban J connectivity index is 2.05. The number of aromatic hydroxyl groups is 1. The van der Waals surface area contributed by atoms with Gasteiger partial charge in [-0.25, -0.2) is 0 Å². The van der Waals surface area contributed by atoms with Gasteiger partial charge in [-0.05, 0) is 17.2 Å². The molecular weight excluding hydrogens is 212 g/mol. The second kappa shape index (κ2) is 4.22. The molecule has 0 saturated carbocycles. The highest BCUT2D eigenvalue weighted by atomic mass is 16.6. The molecular formula is C15H14O2. The van der Waals surface area contributed by atoms with Gasteiger partial charge in [0.25, 0.3) is 0 Å². The van der Waals surface area contributed by atoms with Crippen LogP contribution in [0.25, 0.3) is 11.1 Å². The molecule has 2 heteroatoms. The van der Waals surface area contributed by atoms with Crippen molar-refractivity contribution in [3.63, 3.8) is 0 Å². The average molecular weight is 226 g/mol. The first-order chi connectivity index (χ1) is 8.34. The minimum atomic E-state index is 0.283. The van der Waals surface area contributed by atoms with E-state index < -0.39 is 0 Å². The fourth-order valence-electron chi connectivity index (χ4n) is 2.09. The van der Waals surface area contributed by atoms with E-state index in [4.69, 9.17) is 4.74 Å². The van der Waals surface area contributed by atoms with Gasteiger partial charge in [0, 0.05) is 12.0 Å². The normalized spacial score (nSPS) is 18.0. The molecule has 86 valence electrons. The van der Waals surface area contributed by atoms with Gasteiger partial charge in [0.05, 0.1) is 12.7 Å². The highest BCUT2D eigenvalue weighted by Gasteiger charge is 2.25. The van der Waals surface area contributed by atoms with Crippen LogP contribution in [0.1, 0.15) is 5.56 Å². The van der Waals surface area contributed by atoms with Gasteiger partial charge in [0.1, 0.15) is 5.75 Å². The fraction of sp³-hybridized carbons (Fsp3) is 0.200. The third kappa shape index (κ3) is 2.17. The van der Waals surface area contributed by atoms with E-state index in [0.717, 1.165) is 29.7 Å². The Morgan fingerprint density at radius 3 is 2.53 bits per heavy atom. The molecule has 1 atom stereocenters. The second-order valence-electron chi connectivity index (χ2n) is 4.33. The van der Waals surface area contributed by atoms with Crippen LogP contribution in [0, 0.1) is 0 Å². The Bertz CT molecular complexity index is 516. The minimum absolute atomic E-state index is 0.283. The van der Waals surface area contributed by atoms with Gasteiger partial charge in [-0.2, -0.15) is 0 Å². The fourth-order valence-corrected chi connectivity index (χ4v) is 2.09. The Kier molecular flexibility index (Phi) is 2.57. The summed E-state index contributed by atoms with van der Waals surface area (Å²) in [6.45, 7) is 0.808. The van der Waals surface area contributed by atoms with Crippen LogP contribution < -0.4 is 0 Å². The molecule has 1 aliphatic heterocycles. The zero-order chi connectivity index (χ0) is 11.7. The van der Waals surface area contributed by atoms with Gasteiger partial charge in [0.15, 0.2) is 0 Å². The SMILES string of the molecule is Oc1cccc(-c2ccccc2)c1CC1CO1. The second-order valence-corrected chi connectivity index (χ2v) is 4.33. The van der Waals surface area contributed by atoms with Gasteiger partial charge in [-0.1, -0.05) is 42.5 Å². The van der Waals surface area contributed by atoms with Crippen LogP contribution in [-0.4, -0.2) is 17.8 Å². The van der Waals surface area contributed by atoms with E-state index >= 15 is 0 Å². The predicted molar refractivity (Wildman–Crippen MR) is 67.0 cm³/mol. The van der Waals surface area contributed by atoms with E-state index in [1.165, 1.54) is 0 Å². The number of phenols is 1. The summed E-state index contributed by atoms with van der Waals surface area (Å²) in [7, 11) is 0. The number of hydrogen-bond donors (Lipinski definition) is 1. The first kappa shape index (κ1) is 10.4. The van der Waals surface area contributed by atoms with Crippen molar-refractivity contribution in [2.45, 2.75) is 12.5 Å². The van der Waals surface area contributed by atoms with E-state index in [9.17, 15) is 5.11 Å². The molecule has 0 amide bonds. The van der Waals surface area contributed by atoms with E-state index in [2.05, 4.69) is 12.1 Å². The monoisotopic (exact) mass is 226 g/mol. The molecule has 1 aliphatic rings. The van der Waals surface area contributed by atoms with Gasteiger partial charge >= 0.3 is 0 Å². The van der Waals surface area contributed by atoms with Gasteiger partial charge in [-0.3, -0.25) is 0 Å². The summed E-state index contributed by atoms with van der Waals surface area (Å²) in [6, 6.07) is 15.8. The van der Waals surface area contributed by atoms with Crippen LogP contribution in [0.2, 0.25) is 0 Å². The number of phenolic OH excluding ortho intramolecular Hbond substituents is 1.